The van der Waals surface area contributed by atoms with E-state index in [1.54, 1.807) is 0 Å². The molecule has 1 atom stereocenters. The normalized spacial score (nSPS) is 14.1. The Labute approximate surface area is 84.5 Å². The Bertz CT molecular complexity index is 292. The zero-order valence-electron chi connectivity index (χ0n) is 8.11. The van der Waals surface area contributed by atoms with Gasteiger partial charge in [0, 0.05) is 0 Å². The maximum absolute atomic E-state index is 11.7. The van der Waals surface area contributed by atoms with Crippen LogP contribution < -0.4 is 4.46 Å². The number of rotatable bonds is 3. The summed E-state index contributed by atoms with van der Waals surface area (Å²) in [6.07, 6.45) is 0. The second-order valence-electron chi connectivity index (χ2n) is 3.74. The van der Waals surface area contributed by atoms with Gasteiger partial charge < -0.3 is 0 Å². The summed E-state index contributed by atoms with van der Waals surface area (Å²) in [6.45, 7) is 6.14. The van der Waals surface area contributed by atoms with E-state index in [2.05, 4.69) is 0 Å². The molecule has 0 radical (unpaired) electrons. The first-order chi connectivity index (χ1) is 5.99. The molecule has 0 saturated heterocycles. The molecule has 0 spiro atoms. The fraction of sp³-hybridized carbons (Fsp3) is 0.333. The molecule has 0 fully saturated rings. The van der Waals surface area contributed by atoms with E-state index >= 15 is 0 Å². The molecule has 0 heterocycles. The zero-order valence-corrected chi connectivity index (χ0v) is 10.8. The van der Waals surface area contributed by atoms with Crippen LogP contribution in [0.4, 0.5) is 0 Å². The standard InChI is InChI=1S/C9H14O2SeSi/c1-13(2,3)11-12(10)9-7-5-4-6-8-9/h4-8H,1-3H3. The van der Waals surface area contributed by atoms with E-state index in [0.29, 0.717) is 0 Å². The molecule has 4 heteroatoms. The van der Waals surface area contributed by atoms with Gasteiger partial charge in [-0.25, -0.2) is 0 Å². The summed E-state index contributed by atoms with van der Waals surface area (Å²) in [5.41, 5.74) is 0. The molecule has 0 aliphatic rings. The van der Waals surface area contributed by atoms with Crippen molar-refractivity contribution in [2.24, 2.45) is 0 Å². The summed E-state index contributed by atoms with van der Waals surface area (Å²) in [4.78, 5) is 0. The van der Waals surface area contributed by atoms with Crippen LogP contribution in [0.2, 0.25) is 19.6 Å². The Morgan fingerprint density at radius 2 is 1.69 bits per heavy atom. The first-order valence-corrected chi connectivity index (χ1v) is 9.82. The minimum atomic E-state index is -2.24. The average Bonchev–Trinajstić information content (AvgIpc) is 2.03. The molecule has 1 unspecified atom stereocenters. The molecular weight excluding hydrogens is 247 g/mol. The Morgan fingerprint density at radius 3 is 2.15 bits per heavy atom. The zero-order chi connectivity index (χ0) is 9.90. The Balaban J connectivity index is 2.71. The van der Waals surface area contributed by atoms with Crippen LogP contribution in [0.25, 0.3) is 0 Å². The summed E-state index contributed by atoms with van der Waals surface area (Å²) >= 11 is -2.24. The predicted octanol–water partition coefficient (Wildman–Crippen LogP) is 1.66. The van der Waals surface area contributed by atoms with Gasteiger partial charge in [0.2, 0.25) is 0 Å². The molecular formula is C9H14O2SeSi. The molecule has 2 nitrogen and oxygen atoms in total. The topological polar surface area (TPSA) is 26.3 Å². The van der Waals surface area contributed by atoms with Gasteiger partial charge in [0.1, 0.15) is 0 Å². The molecule has 0 amide bonds. The monoisotopic (exact) mass is 262 g/mol. The first-order valence-electron chi connectivity index (χ1n) is 4.15. The molecule has 1 aromatic rings. The SMILES string of the molecule is C[Si](C)(C)O[Se](=O)c1ccccc1. The van der Waals surface area contributed by atoms with Crippen LogP contribution in [0, 0.1) is 0 Å². The van der Waals surface area contributed by atoms with Crippen LogP contribution in [0.3, 0.4) is 0 Å². The first kappa shape index (κ1) is 10.8. The Morgan fingerprint density at radius 1 is 1.15 bits per heavy atom. The van der Waals surface area contributed by atoms with E-state index in [1.807, 2.05) is 50.0 Å². The van der Waals surface area contributed by atoms with Crippen molar-refractivity contribution >= 4 is 26.9 Å². The number of benzene rings is 1. The van der Waals surface area contributed by atoms with Crippen LogP contribution >= 0.6 is 0 Å². The van der Waals surface area contributed by atoms with Crippen LogP contribution in [0.1, 0.15) is 0 Å². The van der Waals surface area contributed by atoms with Gasteiger partial charge in [-0.2, -0.15) is 0 Å². The fourth-order valence-corrected chi connectivity index (χ4v) is 5.62. The van der Waals surface area contributed by atoms with E-state index in [4.69, 9.17) is 3.51 Å². The van der Waals surface area contributed by atoms with Gasteiger partial charge >= 0.3 is 84.3 Å². The van der Waals surface area contributed by atoms with Gasteiger partial charge in [-0.3, -0.25) is 0 Å². The van der Waals surface area contributed by atoms with Crippen LogP contribution in [0.5, 0.6) is 0 Å². The summed E-state index contributed by atoms with van der Waals surface area (Å²) in [5, 5.41) is 0. The fourth-order valence-electron chi connectivity index (χ4n) is 0.807. The van der Waals surface area contributed by atoms with Gasteiger partial charge in [0.15, 0.2) is 0 Å². The summed E-state index contributed by atoms with van der Waals surface area (Å²) in [5.74, 6) is 0. The van der Waals surface area contributed by atoms with Crippen molar-refractivity contribution < 1.29 is 7.34 Å². The summed E-state index contributed by atoms with van der Waals surface area (Å²) < 4.78 is 18.1. The van der Waals surface area contributed by atoms with Crippen molar-refractivity contribution in [3.63, 3.8) is 0 Å². The third-order valence-electron chi connectivity index (χ3n) is 1.26. The number of hydrogen-bond acceptors (Lipinski definition) is 2. The molecule has 0 bridgehead atoms. The Kier molecular flexibility index (Phi) is 3.56. The van der Waals surface area contributed by atoms with E-state index in [1.165, 1.54) is 0 Å². The van der Waals surface area contributed by atoms with Crippen molar-refractivity contribution in [1.29, 1.82) is 0 Å². The van der Waals surface area contributed by atoms with Gasteiger partial charge in [-0.1, -0.05) is 0 Å². The number of hydrogen-bond donors (Lipinski definition) is 0. The maximum atomic E-state index is 11.7. The second-order valence-corrected chi connectivity index (χ2v) is 11.2. The molecule has 13 heavy (non-hydrogen) atoms. The van der Waals surface area contributed by atoms with E-state index in [-0.39, 0.29) is 0 Å². The van der Waals surface area contributed by atoms with Crippen LogP contribution in [0.15, 0.2) is 30.3 Å². The van der Waals surface area contributed by atoms with Gasteiger partial charge in [-0.15, -0.1) is 0 Å². The molecule has 1 rings (SSSR count). The molecule has 1 aromatic carbocycles. The third-order valence-corrected chi connectivity index (χ3v) is 7.39. The van der Waals surface area contributed by atoms with Crippen LogP contribution in [-0.4, -0.2) is 22.5 Å². The molecule has 0 saturated carbocycles. The molecule has 0 N–H and O–H groups in total. The third kappa shape index (κ3) is 3.96. The van der Waals surface area contributed by atoms with Crippen molar-refractivity contribution in [1.82, 2.24) is 0 Å². The molecule has 0 aliphatic heterocycles. The van der Waals surface area contributed by atoms with Gasteiger partial charge in [-0.05, 0) is 0 Å². The predicted molar refractivity (Wildman–Crippen MR) is 56.9 cm³/mol. The van der Waals surface area contributed by atoms with Crippen molar-refractivity contribution in [3.8, 4) is 0 Å². The molecule has 72 valence electrons. The minimum absolute atomic E-state index is 0.838. The van der Waals surface area contributed by atoms with Gasteiger partial charge in [0.25, 0.3) is 0 Å². The average molecular weight is 261 g/mol. The summed E-state index contributed by atoms with van der Waals surface area (Å²) in [7, 11) is -1.66. The van der Waals surface area contributed by atoms with Crippen molar-refractivity contribution in [2.75, 3.05) is 0 Å². The Hall–Kier alpha value is -0.284. The van der Waals surface area contributed by atoms with Crippen molar-refractivity contribution in [3.05, 3.63) is 30.3 Å². The van der Waals surface area contributed by atoms with Crippen molar-refractivity contribution in [2.45, 2.75) is 19.6 Å². The summed E-state index contributed by atoms with van der Waals surface area (Å²) in [6, 6.07) is 9.40. The van der Waals surface area contributed by atoms with E-state index < -0.39 is 22.5 Å². The quantitative estimate of drug-likeness (QED) is 0.774. The van der Waals surface area contributed by atoms with E-state index in [9.17, 15) is 3.83 Å². The molecule has 0 aliphatic carbocycles. The molecule has 0 aromatic heterocycles. The van der Waals surface area contributed by atoms with E-state index in [0.717, 1.165) is 4.46 Å². The second kappa shape index (κ2) is 4.29. The van der Waals surface area contributed by atoms with Gasteiger partial charge in [0.05, 0.1) is 0 Å². The van der Waals surface area contributed by atoms with Crippen LogP contribution in [-0.2, 0) is 7.34 Å².